The zero-order valence-corrected chi connectivity index (χ0v) is 17.8. The number of carbonyl (C=O) groups excluding carboxylic acids is 5. The summed E-state index contributed by atoms with van der Waals surface area (Å²) >= 11 is 0. The van der Waals surface area contributed by atoms with Crippen LogP contribution >= 0.6 is 0 Å². The summed E-state index contributed by atoms with van der Waals surface area (Å²) in [5, 5.41) is 15.7. The average Bonchev–Trinajstić information content (AvgIpc) is 2.71. The second-order valence-electron chi connectivity index (χ2n) is 7.13. The molecule has 12 N–H and O–H groups in total. The van der Waals surface area contributed by atoms with Gasteiger partial charge in [0.05, 0.1) is 6.04 Å². The monoisotopic (exact) mass is 459 g/mol. The number of unbranched alkanes of at least 4 members (excludes halogenated alkanes) is 1. The van der Waals surface area contributed by atoms with Gasteiger partial charge in [-0.05, 0) is 38.6 Å². The standard InChI is InChI=1S/C18H33N7O7/c19-8-2-1-3-11(17(31)23-9-15(28)29)25-18(32)12(5-7-14(22)27)24-16(30)10(20)4-6-13(21)26/h10-12H,1-9,19-20H2,(H2,21,26)(H2,22,27)(H,23,31)(H,24,30)(H,25,32)(H,28,29). The lowest BCUT2D eigenvalue weighted by molar-refractivity contribution is -0.138. The van der Waals surface area contributed by atoms with E-state index >= 15 is 0 Å². The van der Waals surface area contributed by atoms with Gasteiger partial charge in [0, 0.05) is 12.8 Å². The largest absolute Gasteiger partial charge is 0.480 e. The van der Waals surface area contributed by atoms with E-state index in [1.807, 2.05) is 0 Å². The molecular formula is C18H33N7O7. The van der Waals surface area contributed by atoms with Crippen LogP contribution < -0.4 is 38.9 Å². The minimum Gasteiger partial charge on any atom is -0.480 e. The summed E-state index contributed by atoms with van der Waals surface area (Å²) in [6, 6.07) is -3.48. The number of carboxylic acids is 1. The lowest BCUT2D eigenvalue weighted by Crippen LogP contribution is -2.56. The highest BCUT2D eigenvalue weighted by Gasteiger charge is 2.28. The van der Waals surface area contributed by atoms with Gasteiger partial charge in [-0.3, -0.25) is 28.8 Å². The van der Waals surface area contributed by atoms with Crippen LogP contribution in [0.15, 0.2) is 0 Å². The fourth-order valence-electron chi connectivity index (χ4n) is 2.58. The molecule has 32 heavy (non-hydrogen) atoms. The number of hydrogen-bond acceptors (Lipinski definition) is 8. The first-order chi connectivity index (χ1) is 15.0. The second-order valence-corrected chi connectivity index (χ2v) is 7.13. The molecule has 0 saturated carbocycles. The zero-order chi connectivity index (χ0) is 24.7. The molecule has 0 spiro atoms. The van der Waals surface area contributed by atoms with E-state index in [1.165, 1.54) is 0 Å². The number of primary amides is 2. The Labute approximate surface area is 185 Å². The third kappa shape index (κ3) is 13.1. The van der Waals surface area contributed by atoms with Gasteiger partial charge >= 0.3 is 5.97 Å². The molecule has 5 amide bonds. The van der Waals surface area contributed by atoms with Gasteiger partial charge in [0.25, 0.3) is 0 Å². The summed E-state index contributed by atoms with van der Waals surface area (Å²) in [5.74, 6) is -4.90. The van der Waals surface area contributed by atoms with E-state index in [1.54, 1.807) is 0 Å². The zero-order valence-electron chi connectivity index (χ0n) is 17.8. The molecule has 0 rings (SSSR count). The van der Waals surface area contributed by atoms with Gasteiger partial charge in [-0.25, -0.2) is 0 Å². The first kappa shape index (κ1) is 28.7. The van der Waals surface area contributed by atoms with Gasteiger partial charge in [0.15, 0.2) is 0 Å². The van der Waals surface area contributed by atoms with E-state index in [4.69, 9.17) is 28.0 Å². The molecule has 3 atom stereocenters. The first-order valence-corrected chi connectivity index (χ1v) is 10.1. The summed E-state index contributed by atoms with van der Waals surface area (Å²) in [6.07, 6.45) is 0.611. The molecule has 14 nitrogen and oxygen atoms in total. The van der Waals surface area contributed by atoms with Crippen molar-refractivity contribution in [2.24, 2.45) is 22.9 Å². The van der Waals surface area contributed by atoms with Crippen LogP contribution in [0.3, 0.4) is 0 Å². The molecular weight excluding hydrogens is 426 g/mol. The molecule has 3 unspecified atom stereocenters. The molecule has 0 aromatic carbocycles. The van der Waals surface area contributed by atoms with Crippen LogP contribution in [-0.4, -0.2) is 71.8 Å². The fourth-order valence-corrected chi connectivity index (χ4v) is 2.58. The summed E-state index contributed by atoms with van der Waals surface area (Å²) in [7, 11) is 0. The molecule has 0 fully saturated rings. The fraction of sp³-hybridized carbons (Fsp3) is 0.667. The Hall–Kier alpha value is -3.26. The Bertz CT molecular complexity index is 687. The molecule has 0 saturated heterocycles. The number of carbonyl (C=O) groups is 6. The maximum atomic E-state index is 12.8. The van der Waals surface area contributed by atoms with Gasteiger partial charge < -0.3 is 44.0 Å². The average molecular weight is 460 g/mol. The lowest BCUT2D eigenvalue weighted by atomic mass is 10.1. The van der Waals surface area contributed by atoms with Crippen LogP contribution in [0.2, 0.25) is 0 Å². The molecule has 0 bridgehead atoms. The topological polar surface area (TPSA) is 263 Å². The summed E-state index contributed by atoms with van der Waals surface area (Å²) in [6.45, 7) is -0.281. The van der Waals surface area contributed by atoms with Crippen LogP contribution in [0.1, 0.15) is 44.9 Å². The molecule has 0 heterocycles. The van der Waals surface area contributed by atoms with E-state index in [0.29, 0.717) is 19.4 Å². The molecule has 0 aliphatic carbocycles. The number of nitrogens with two attached hydrogens (primary N) is 4. The number of carboxylic acid groups (broad SMARTS) is 1. The van der Waals surface area contributed by atoms with Crippen LogP contribution in [0.5, 0.6) is 0 Å². The third-order valence-electron chi connectivity index (χ3n) is 4.34. The van der Waals surface area contributed by atoms with E-state index in [0.717, 1.165) is 0 Å². The minimum atomic E-state index is -1.26. The van der Waals surface area contributed by atoms with Gasteiger partial charge in [-0.1, -0.05) is 0 Å². The highest BCUT2D eigenvalue weighted by atomic mass is 16.4. The highest BCUT2D eigenvalue weighted by Crippen LogP contribution is 2.05. The molecule has 182 valence electrons. The van der Waals surface area contributed by atoms with Crippen molar-refractivity contribution in [3.8, 4) is 0 Å². The van der Waals surface area contributed by atoms with Crippen LogP contribution in [-0.2, 0) is 28.8 Å². The predicted molar refractivity (Wildman–Crippen MR) is 112 cm³/mol. The molecule has 0 aromatic rings. The highest BCUT2D eigenvalue weighted by molar-refractivity contribution is 5.94. The van der Waals surface area contributed by atoms with Gasteiger partial charge in [0.1, 0.15) is 18.6 Å². The Balaban J connectivity index is 5.28. The molecule has 0 aliphatic rings. The second kappa shape index (κ2) is 15.5. The third-order valence-corrected chi connectivity index (χ3v) is 4.34. The SMILES string of the molecule is NCCCCC(NC(=O)C(CCC(N)=O)NC(=O)C(N)CCC(N)=O)C(=O)NCC(=O)O. The molecule has 0 radical (unpaired) electrons. The van der Waals surface area contributed by atoms with E-state index in [9.17, 15) is 28.8 Å². The maximum absolute atomic E-state index is 12.8. The maximum Gasteiger partial charge on any atom is 0.322 e. The van der Waals surface area contributed by atoms with Crippen molar-refractivity contribution in [1.29, 1.82) is 0 Å². The van der Waals surface area contributed by atoms with Crippen LogP contribution in [0.4, 0.5) is 0 Å². The van der Waals surface area contributed by atoms with Crippen molar-refractivity contribution < 1.29 is 33.9 Å². The van der Waals surface area contributed by atoms with Crippen molar-refractivity contribution in [3.05, 3.63) is 0 Å². The quantitative estimate of drug-likeness (QED) is 0.0987. The lowest BCUT2D eigenvalue weighted by Gasteiger charge is -2.24. The van der Waals surface area contributed by atoms with E-state index < -0.39 is 60.2 Å². The number of nitrogens with one attached hydrogen (secondary N) is 3. The normalized spacial score (nSPS) is 13.3. The van der Waals surface area contributed by atoms with Crippen molar-refractivity contribution in [2.75, 3.05) is 13.1 Å². The van der Waals surface area contributed by atoms with Crippen LogP contribution in [0, 0.1) is 0 Å². The Morgan fingerprint density at radius 1 is 0.750 bits per heavy atom. The molecule has 14 heteroatoms. The molecule has 0 aliphatic heterocycles. The van der Waals surface area contributed by atoms with Crippen molar-refractivity contribution in [3.63, 3.8) is 0 Å². The summed E-state index contributed by atoms with van der Waals surface area (Å²) in [5.41, 5.74) is 21.3. The first-order valence-electron chi connectivity index (χ1n) is 10.1. The smallest absolute Gasteiger partial charge is 0.322 e. The Morgan fingerprint density at radius 2 is 1.28 bits per heavy atom. The number of rotatable bonds is 17. The van der Waals surface area contributed by atoms with E-state index in [2.05, 4.69) is 16.0 Å². The van der Waals surface area contributed by atoms with Crippen molar-refractivity contribution >= 4 is 35.5 Å². The van der Waals surface area contributed by atoms with E-state index in [-0.39, 0.29) is 32.1 Å². The van der Waals surface area contributed by atoms with Gasteiger partial charge in [-0.2, -0.15) is 0 Å². The number of hydrogen-bond donors (Lipinski definition) is 8. The predicted octanol–water partition coefficient (Wildman–Crippen LogP) is -3.86. The Morgan fingerprint density at radius 3 is 1.81 bits per heavy atom. The Kier molecular flexibility index (Phi) is 13.9. The van der Waals surface area contributed by atoms with Crippen molar-refractivity contribution in [1.82, 2.24) is 16.0 Å². The van der Waals surface area contributed by atoms with Crippen LogP contribution in [0.25, 0.3) is 0 Å². The minimum absolute atomic E-state index is 0.0510. The summed E-state index contributed by atoms with van der Waals surface area (Å²) in [4.78, 5) is 70.0. The summed E-state index contributed by atoms with van der Waals surface area (Å²) < 4.78 is 0. The molecule has 0 aromatic heterocycles. The number of amides is 5. The van der Waals surface area contributed by atoms with Crippen molar-refractivity contribution in [2.45, 2.75) is 63.1 Å². The van der Waals surface area contributed by atoms with Gasteiger partial charge in [-0.15, -0.1) is 0 Å². The number of aliphatic carboxylic acids is 1. The van der Waals surface area contributed by atoms with Gasteiger partial charge in [0.2, 0.25) is 29.5 Å².